The van der Waals surface area contributed by atoms with E-state index in [1.54, 1.807) is 28.3 Å². The summed E-state index contributed by atoms with van der Waals surface area (Å²) in [5.74, 6) is 5.83. The minimum Gasteiger partial charge on any atom is -0.496 e. The molecule has 12 nitrogen and oxygen atoms in total. The molecule has 6 aromatic carbocycles. The van der Waals surface area contributed by atoms with Crippen LogP contribution in [0.25, 0.3) is 32.7 Å². The van der Waals surface area contributed by atoms with Crippen molar-refractivity contribution in [2.24, 2.45) is 5.92 Å². The molecule has 12 heteroatoms. The fourth-order valence-corrected chi connectivity index (χ4v) is 14.5. The number of ketones is 3. The fraction of sp³-hybridized carbons (Fsp3) is 0.430. The van der Waals surface area contributed by atoms with E-state index in [9.17, 15) is 14.4 Å². The molecule has 6 heterocycles. The standard InChI is InChI=1S/C28H36N2O2.C26H32N2O2.C25H30N2O2/c1-21(2)19-27(31)25-20-30(26-11-6-4-10-24(25)26)16-8-15-29-17-13-22(14-18-29)23-9-5-7-12-28(23)32-3;1-3-25(29)23-19-28(24-11-6-4-10-22(23)24)16-8-15-27-17-13-20(14-18-27)21-9-5-7-12-26(21)30-2;1-19(28)23-18-27(24-10-5-3-9-22(23)24)15-7-14-26-16-12-20(13-17-26)21-8-4-6-11-25(21)29-2/h4-7,9-12,20-22H,8,13-19H2,1-3H3;4-7,9-12,19-20H,3,8,13-18H2,1-2H3;3-6,8-11,18,20H,7,12-17H2,1-2H3. The summed E-state index contributed by atoms with van der Waals surface area (Å²) in [5, 5.41) is 3.25. The van der Waals surface area contributed by atoms with Crippen LogP contribution in [0.4, 0.5) is 0 Å². The Morgan fingerprint density at radius 1 is 0.407 bits per heavy atom. The molecule has 0 radical (unpaired) electrons. The summed E-state index contributed by atoms with van der Waals surface area (Å²) < 4.78 is 23.5. The Labute approximate surface area is 541 Å². The smallest absolute Gasteiger partial charge is 0.165 e. The first kappa shape index (κ1) is 66.2. The minimum atomic E-state index is 0.137. The zero-order valence-electron chi connectivity index (χ0n) is 55.3. The summed E-state index contributed by atoms with van der Waals surface area (Å²) in [6.45, 7) is 20.7. The number of methoxy groups -OCH3 is 3. The lowest BCUT2D eigenvalue weighted by molar-refractivity contribution is 0.0965. The molecule has 12 rings (SSSR count). The molecule has 0 N–H and O–H groups in total. The lowest BCUT2D eigenvalue weighted by Crippen LogP contribution is -2.34. The van der Waals surface area contributed by atoms with Crippen LogP contribution in [0.5, 0.6) is 17.2 Å². The van der Waals surface area contributed by atoms with Crippen molar-refractivity contribution in [3.8, 4) is 17.2 Å². The third-order valence-corrected chi connectivity index (χ3v) is 19.4. The van der Waals surface area contributed by atoms with Crippen molar-refractivity contribution in [3.63, 3.8) is 0 Å². The van der Waals surface area contributed by atoms with Crippen molar-refractivity contribution in [3.05, 3.63) is 198 Å². The molecular formula is C79H98N6O6. The molecule has 0 unspecified atom stereocenters. The molecular weight excluding hydrogens is 1130 g/mol. The first-order valence-corrected chi connectivity index (χ1v) is 33.8. The average molecular weight is 1230 g/mol. The third-order valence-electron chi connectivity index (χ3n) is 19.4. The predicted octanol–water partition coefficient (Wildman–Crippen LogP) is 16.8. The number of hydrogen-bond donors (Lipinski definition) is 0. The van der Waals surface area contributed by atoms with E-state index < -0.39 is 0 Å². The zero-order valence-corrected chi connectivity index (χ0v) is 55.3. The van der Waals surface area contributed by atoms with Gasteiger partial charge in [0.1, 0.15) is 17.2 Å². The van der Waals surface area contributed by atoms with E-state index in [0.717, 1.165) is 153 Å². The maximum Gasteiger partial charge on any atom is 0.165 e. The van der Waals surface area contributed by atoms with Crippen molar-refractivity contribution in [2.75, 3.05) is 80.2 Å². The number of hydrogen-bond acceptors (Lipinski definition) is 9. The van der Waals surface area contributed by atoms with Gasteiger partial charge in [0.15, 0.2) is 17.3 Å². The van der Waals surface area contributed by atoms with Gasteiger partial charge < -0.3 is 42.6 Å². The van der Waals surface area contributed by atoms with E-state index in [1.165, 1.54) is 66.2 Å². The quantitative estimate of drug-likeness (QED) is 0.0547. The van der Waals surface area contributed by atoms with Gasteiger partial charge in [0.05, 0.1) is 21.3 Å². The molecule has 0 saturated carbocycles. The number of aryl methyl sites for hydroxylation is 3. The first-order valence-electron chi connectivity index (χ1n) is 33.8. The molecule has 3 fully saturated rings. The number of carbonyl (C=O) groups is 3. The Morgan fingerprint density at radius 2 is 0.703 bits per heavy atom. The molecule has 3 saturated heterocycles. The normalized spacial score (nSPS) is 15.6. The number of para-hydroxylation sites is 6. The summed E-state index contributed by atoms with van der Waals surface area (Å²) >= 11 is 0. The van der Waals surface area contributed by atoms with Crippen LogP contribution in [0.15, 0.2) is 164 Å². The van der Waals surface area contributed by atoms with Gasteiger partial charge >= 0.3 is 0 Å². The Balaban J connectivity index is 0.000000150. The topological polar surface area (TPSA) is 103 Å². The molecule has 0 amide bonds. The highest BCUT2D eigenvalue weighted by Gasteiger charge is 2.26. The third kappa shape index (κ3) is 16.7. The summed E-state index contributed by atoms with van der Waals surface area (Å²) in [7, 11) is 5.29. The second kappa shape index (κ2) is 32.5. The molecule has 3 aliphatic heterocycles. The molecule has 3 aromatic heterocycles. The number of carbonyl (C=O) groups excluding carboxylic acids is 3. The van der Waals surface area contributed by atoms with E-state index in [-0.39, 0.29) is 17.3 Å². The maximum atomic E-state index is 12.8. The van der Waals surface area contributed by atoms with E-state index in [4.69, 9.17) is 14.2 Å². The molecule has 3 aliphatic rings. The van der Waals surface area contributed by atoms with Gasteiger partial charge in [0.2, 0.25) is 0 Å². The monoisotopic (exact) mass is 1230 g/mol. The number of aromatic nitrogens is 3. The number of ether oxygens (including phenoxy) is 3. The molecule has 0 atom stereocenters. The Kier molecular flexibility index (Phi) is 23.6. The van der Waals surface area contributed by atoms with Gasteiger partial charge in [-0.05, 0) is 200 Å². The van der Waals surface area contributed by atoms with E-state index in [1.807, 2.05) is 61.7 Å². The highest BCUT2D eigenvalue weighted by atomic mass is 16.5. The van der Waals surface area contributed by atoms with Crippen LogP contribution in [0.2, 0.25) is 0 Å². The van der Waals surface area contributed by atoms with E-state index in [0.29, 0.717) is 36.5 Å². The van der Waals surface area contributed by atoms with Crippen molar-refractivity contribution in [2.45, 2.75) is 136 Å². The van der Waals surface area contributed by atoms with Crippen LogP contribution in [0.1, 0.15) is 164 Å². The van der Waals surface area contributed by atoms with Gasteiger partial charge in [0.25, 0.3) is 0 Å². The Hall–Kier alpha value is -7.77. The largest absolute Gasteiger partial charge is 0.496 e. The van der Waals surface area contributed by atoms with Gasteiger partial charge in [-0.2, -0.15) is 0 Å². The Bertz CT molecular complexity index is 3810. The predicted molar refractivity (Wildman–Crippen MR) is 372 cm³/mol. The lowest BCUT2D eigenvalue weighted by Gasteiger charge is -2.32. The van der Waals surface area contributed by atoms with Gasteiger partial charge in [-0.3, -0.25) is 14.4 Å². The van der Waals surface area contributed by atoms with Crippen molar-refractivity contribution in [1.29, 1.82) is 0 Å². The second-order valence-electron chi connectivity index (χ2n) is 25.7. The molecule has 91 heavy (non-hydrogen) atoms. The maximum absolute atomic E-state index is 12.8. The van der Waals surface area contributed by atoms with Crippen LogP contribution < -0.4 is 14.2 Å². The zero-order chi connectivity index (χ0) is 63.6. The second-order valence-corrected chi connectivity index (χ2v) is 25.7. The first-order chi connectivity index (χ1) is 44.4. The molecule has 0 aliphatic carbocycles. The SMILES string of the molecule is CCC(=O)c1cn(CCCN2CCC(c3ccccc3OC)CC2)c2ccccc12.COc1ccccc1C1CCN(CCCn2cc(C(=O)CC(C)C)c3ccccc32)CC1.COc1ccccc1C1CCN(CCCn2cc(C(C)=O)c3ccccc32)CC1. The van der Waals surface area contributed by atoms with Crippen LogP contribution in [0, 0.1) is 5.92 Å². The van der Waals surface area contributed by atoms with Gasteiger partial charge in [-0.15, -0.1) is 0 Å². The van der Waals surface area contributed by atoms with E-state index >= 15 is 0 Å². The summed E-state index contributed by atoms with van der Waals surface area (Å²) in [5.41, 5.74) is 10.1. The highest BCUT2D eigenvalue weighted by Crippen LogP contribution is 2.37. The van der Waals surface area contributed by atoms with Crippen LogP contribution in [-0.4, -0.2) is 126 Å². The highest BCUT2D eigenvalue weighted by molar-refractivity contribution is 6.09. The molecule has 480 valence electrons. The molecule has 0 bridgehead atoms. The summed E-state index contributed by atoms with van der Waals surface area (Å²) in [6, 6.07) is 50.1. The Morgan fingerprint density at radius 3 is 1.02 bits per heavy atom. The van der Waals surface area contributed by atoms with E-state index in [2.05, 4.69) is 152 Å². The van der Waals surface area contributed by atoms with Crippen LogP contribution >= 0.6 is 0 Å². The van der Waals surface area contributed by atoms with Gasteiger partial charge in [0, 0.05) is 100 Å². The summed E-state index contributed by atoms with van der Waals surface area (Å²) in [4.78, 5) is 44.8. The number of likely N-dealkylation sites (tertiary alicyclic amines) is 3. The fourth-order valence-electron chi connectivity index (χ4n) is 14.5. The summed E-state index contributed by atoms with van der Waals surface area (Å²) in [6.07, 6.45) is 17.7. The lowest BCUT2D eigenvalue weighted by atomic mass is 9.89. The number of nitrogens with zero attached hydrogens (tertiary/aromatic N) is 6. The van der Waals surface area contributed by atoms with Crippen LogP contribution in [0.3, 0.4) is 0 Å². The van der Waals surface area contributed by atoms with Crippen LogP contribution in [-0.2, 0) is 19.6 Å². The van der Waals surface area contributed by atoms with Gasteiger partial charge in [-0.1, -0.05) is 130 Å². The molecule has 0 spiro atoms. The number of fused-ring (bicyclic) bond motifs is 3. The minimum absolute atomic E-state index is 0.137. The van der Waals surface area contributed by atoms with Crippen molar-refractivity contribution < 1.29 is 28.6 Å². The number of rotatable bonds is 24. The van der Waals surface area contributed by atoms with Gasteiger partial charge in [-0.25, -0.2) is 0 Å². The number of piperidine rings is 3. The average Bonchev–Trinajstić information content (AvgIpc) is 1.97. The van der Waals surface area contributed by atoms with Crippen molar-refractivity contribution >= 4 is 50.1 Å². The van der Waals surface area contributed by atoms with Crippen molar-refractivity contribution in [1.82, 2.24) is 28.4 Å². The number of benzene rings is 6. The molecule has 9 aromatic rings. The number of Topliss-reactive ketones (excluding diaryl/α,β-unsaturated/α-hetero) is 3.